The Balaban J connectivity index is 1.82. The average Bonchev–Trinajstić information content (AvgIpc) is 3.17. The second-order valence-electron chi connectivity index (χ2n) is 5.72. The van der Waals surface area contributed by atoms with Crippen LogP contribution in [-0.4, -0.2) is 34.5 Å². The summed E-state index contributed by atoms with van der Waals surface area (Å²) >= 11 is 0. The minimum absolute atomic E-state index is 0.0760. The van der Waals surface area contributed by atoms with Crippen molar-refractivity contribution in [1.82, 2.24) is 15.1 Å². The van der Waals surface area contributed by atoms with E-state index >= 15 is 0 Å². The number of nitrogens with zero attached hydrogens (tertiary/aromatic N) is 2. The van der Waals surface area contributed by atoms with Gasteiger partial charge in [0.25, 0.3) is 11.4 Å². The standard InChI is InChI=1S/C19H15N3O5/c1-25-13-8-7-10(9-14(13)26-2)17-21-19(27-22-17)15-16(23)11-5-3-4-6-12(11)20-18(15)24/h3-9H,1-2H3,(H2,20,23,24). The molecule has 2 aromatic carbocycles. The maximum absolute atomic E-state index is 12.4. The lowest BCUT2D eigenvalue weighted by Crippen LogP contribution is -2.09. The van der Waals surface area contributed by atoms with Gasteiger partial charge in [0.05, 0.1) is 19.7 Å². The maximum atomic E-state index is 12.4. The third kappa shape index (κ3) is 2.77. The van der Waals surface area contributed by atoms with Gasteiger partial charge in [-0.2, -0.15) is 4.98 Å². The minimum Gasteiger partial charge on any atom is -0.506 e. The van der Waals surface area contributed by atoms with Crippen LogP contribution in [0.25, 0.3) is 33.7 Å². The number of ether oxygens (including phenoxy) is 2. The van der Waals surface area contributed by atoms with Crippen molar-refractivity contribution in [1.29, 1.82) is 0 Å². The van der Waals surface area contributed by atoms with E-state index in [2.05, 4.69) is 15.1 Å². The smallest absolute Gasteiger partial charge is 0.267 e. The Morgan fingerprint density at radius 3 is 2.63 bits per heavy atom. The fourth-order valence-electron chi connectivity index (χ4n) is 2.84. The van der Waals surface area contributed by atoms with E-state index in [-0.39, 0.29) is 23.0 Å². The van der Waals surface area contributed by atoms with E-state index in [1.165, 1.54) is 7.11 Å². The second kappa shape index (κ2) is 6.49. The van der Waals surface area contributed by atoms with Crippen LogP contribution in [0.4, 0.5) is 0 Å². The SMILES string of the molecule is COc1ccc(-c2noc(-c3c(O)c4ccccc4[nH]c3=O)n2)cc1OC. The number of nitrogens with one attached hydrogen (secondary N) is 1. The van der Waals surface area contributed by atoms with Crippen molar-refractivity contribution in [3.05, 3.63) is 52.8 Å². The van der Waals surface area contributed by atoms with E-state index in [0.29, 0.717) is 28.0 Å². The zero-order chi connectivity index (χ0) is 19.0. The van der Waals surface area contributed by atoms with Gasteiger partial charge >= 0.3 is 0 Å². The molecule has 136 valence electrons. The number of rotatable bonds is 4. The fraction of sp³-hybridized carbons (Fsp3) is 0.105. The molecule has 2 aromatic heterocycles. The molecule has 0 bridgehead atoms. The normalized spacial score (nSPS) is 10.9. The zero-order valence-electron chi connectivity index (χ0n) is 14.5. The van der Waals surface area contributed by atoms with Gasteiger partial charge in [0.2, 0.25) is 5.82 Å². The molecule has 27 heavy (non-hydrogen) atoms. The quantitative estimate of drug-likeness (QED) is 0.572. The van der Waals surface area contributed by atoms with Crippen molar-refractivity contribution in [2.45, 2.75) is 0 Å². The van der Waals surface area contributed by atoms with Crippen molar-refractivity contribution in [3.63, 3.8) is 0 Å². The third-order valence-electron chi connectivity index (χ3n) is 4.18. The Labute approximate surface area is 153 Å². The van der Waals surface area contributed by atoms with Gasteiger partial charge in [0, 0.05) is 10.9 Å². The summed E-state index contributed by atoms with van der Waals surface area (Å²) in [5.74, 6) is 1.03. The first-order valence-corrected chi connectivity index (χ1v) is 8.03. The van der Waals surface area contributed by atoms with E-state index in [9.17, 15) is 9.90 Å². The van der Waals surface area contributed by atoms with Gasteiger partial charge in [-0.3, -0.25) is 4.79 Å². The van der Waals surface area contributed by atoms with Gasteiger partial charge < -0.3 is 24.1 Å². The molecular formula is C19H15N3O5. The molecule has 0 fully saturated rings. The molecule has 0 unspecified atom stereocenters. The first-order valence-electron chi connectivity index (χ1n) is 8.03. The van der Waals surface area contributed by atoms with Crippen LogP contribution in [0.5, 0.6) is 17.2 Å². The molecule has 4 rings (SSSR count). The summed E-state index contributed by atoms with van der Waals surface area (Å²) in [6, 6.07) is 12.0. The number of pyridine rings is 1. The molecule has 0 spiro atoms. The molecular weight excluding hydrogens is 350 g/mol. The van der Waals surface area contributed by atoms with Crippen LogP contribution in [0, 0.1) is 0 Å². The summed E-state index contributed by atoms with van der Waals surface area (Å²) in [6.45, 7) is 0. The number of hydrogen-bond donors (Lipinski definition) is 2. The van der Waals surface area contributed by atoms with Crippen LogP contribution >= 0.6 is 0 Å². The maximum Gasteiger partial charge on any atom is 0.267 e. The van der Waals surface area contributed by atoms with Gasteiger partial charge in [-0.25, -0.2) is 0 Å². The zero-order valence-corrected chi connectivity index (χ0v) is 14.5. The molecule has 0 saturated heterocycles. The second-order valence-corrected chi connectivity index (χ2v) is 5.72. The van der Waals surface area contributed by atoms with Crippen molar-refractivity contribution < 1.29 is 19.1 Å². The Morgan fingerprint density at radius 2 is 1.85 bits per heavy atom. The van der Waals surface area contributed by atoms with Crippen LogP contribution in [0.15, 0.2) is 51.8 Å². The number of aromatic hydroxyl groups is 1. The molecule has 2 heterocycles. The van der Waals surface area contributed by atoms with Crippen molar-refractivity contribution in [2.24, 2.45) is 0 Å². The van der Waals surface area contributed by atoms with Gasteiger partial charge in [-0.1, -0.05) is 17.3 Å². The monoisotopic (exact) mass is 365 g/mol. The van der Waals surface area contributed by atoms with Gasteiger partial charge in [0.1, 0.15) is 11.3 Å². The number of methoxy groups -OCH3 is 2. The Morgan fingerprint density at radius 1 is 1.07 bits per heavy atom. The van der Waals surface area contributed by atoms with Crippen molar-refractivity contribution >= 4 is 10.9 Å². The summed E-state index contributed by atoms with van der Waals surface area (Å²) in [7, 11) is 3.06. The molecule has 0 aliphatic heterocycles. The lowest BCUT2D eigenvalue weighted by atomic mass is 10.1. The topological polar surface area (TPSA) is 110 Å². The molecule has 0 saturated carbocycles. The highest BCUT2D eigenvalue weighted by atomic mass is 16.5. The molecule has 8 nitrogen and oxygen atoms in total. The summed E-state index contributed by atoms with van der Waals surface area (Å²) < 4.78 is 15.7. The molecule has 0 amide bonds. The van der Waals surface area contributed by atoms with E-state index in [1.807, 2.05) is 0 Å². The third-order valence-corrected chi connectivity index (χ3v) is 4.18. The van der Waals surface area contributed by atoms with E-state index in [1.54, 1.807) is 49.6 Å². The van der Waals surface area contributed by atoms with Crippen LogP contribution in [0.1, 0.15) is 0 Å². The highest BCUT2D eigenvalue weighted by Crippen LogP contribution is 2.34. The summed E-state index contributed by atoms with van der Waals surface area (Å²) in [4.78, 5) is 19.4. The number of aromatic nitrogens is 3. The minimum atomic E-state index is -0.520. The van der Waals surface area contributed by atoms with Gasteiger partial charge in [-0.05, 0) is 30.3 Å². The van der Waals surface area contributed by atoms with Crippen LogP contribution < -0.4 is 15.0 Å². The molecule has 0 aliphatic rings. The molecule has 8 heteroatoms. The molecule has 4 aromatic rings. The number of H-pyrrole nitrogens is 1. The van der Waals surface area contributed by atoms with Gasteiger partial charge in [-0.15, -0.1) is 0 Å². The predicted octanol–water partition coefficient (Wildman–Crippen LogP) is 2.97. The first-order chi connectivity index (χ1) is 13.1. The molecule has 0 aliphatic carbocycles. The lowest BCUT2D eigenvalue weighted by Gasteiger charge is -2.07. The predicted molar refractivity (Wildman–Crippen MR) is 98.1 cm³/mol. The number of fused-ring (bicyclic) bond motifs is 1. The lowest BCUT2D eigenvalue weighted by molar-refractivity contribution is 0.355. The molecule has 0 atom stereocenters. The summed E-state index contributed by atoms with van der Waals surface area (Å²) in [6.07, 6.45) is 0. The Bertz CT molecular complexity index is 1200. The van der Waals surface area contributed by atoms with Crippen LogP contribution in [0.2, 0.25) is 0 Å². The van der Waals surface area contributed by atoms with E-state index in [4.69, 9.17) is 14.0 Å². The highest BCUT2D eigenvalue weighted by molar-refractivity contribution is 5.90. The van der Waals surface area contributed by atoms with Crippen molar-refractivity contribution in [2.75, 3.05) is 14.2 Å². The molecule has 0 radical (unpaired) electrons. The van der Waals surface area contributed by atoms with Gasteiger partial charge in [0.15, 0.2) is 11.5 Å². The highest BCUT2D eigenvalue weighted by Gasteiger charge is 2.20. The van der Waals surface area contributed by atoms with Crippen molar-refractivity contribution in [3.8, 4) is 40.1 Å². The van der Waals surface area contributed by atoms with Crippen LogP contribution in [0.3, 0.4) is 0 Å². The fourth-order valence-corrected chi connectivity index (χ4v) is 2.84. The first kappa shape index (κ1) is 16.6. The van der Waals surface area contributed by atoms with E-state index < -0.39 is 5.56 Å². The largest absolute Gasteiger partial charge is 0.506 e. The molecule has 2 N–H and O–H groups in total. The van der Waals surface area contributed by atoms with E-state index in [0.717, 1.165) is 0 Å². The number of para-hydroxylation sites is 1. The average molecular weight is 365 g/mol. The summed E-state index contributed by atoms with van der Waals surface area (Å²) in [5.41, 5.74) is 0.532. The number of hydrogen-bond acceptors (Lipinski definition) is 7. The number of aromatic amines is 1. The number of benzene rings is 2. The van der Waals surface area contributed by atoms with Crippen LogP contribution in [-0.2, 0) is 0 Å². The Kier molecular flexibility index (Phi) is 4.00. The summed E-state index contributed by atoms with van der Waals surface area (Å²) in [5, 5.41) is 14.9. The Hall–Kier alpha value is -3.81.